The van der Waals surface area contributed by atoms with Crippen molar-refractivity contribution in [3.8, 4) is 0 Å². The van der Waals surface area contributed by atoms with Gasteiger partial charge in [-0.1, -0.05) is 13.8 Å². The average Bonchev–Trinajstić information content (AvgIpc) is 3.00. The second-order valence-electron chi connectivity index (χ2n) is 5.92. The Balaban J connectivity index is 2.05. The molecule has 1 saturated heterocycles. The second kappa shape index (κ2) is 7.20. The third-order valence-electron chi connectivity index (χ3n) is 3.67. The van der Waals surface area contributed by atoms with Crippen LogP contribution in [0.25, 0.3) is 0 Å². The van der Waals surface area contributed by atoms with Gasteiger partial charge in [-0.2, -0.15) is 0 Å². The third kappa shape index (κ3) is 4.28. The van der Waals surface area contributed by atoms with E-state index in [1.807, 2.05) is 4.90 Å². The summed E-state index contributed by atoms with van der Waals surface area (Å²) in [4.78, 5) is 30.6. The number of aromatic nitrogens is 1. The topological polar surface area (TPSA) is 62.3 Å². The number of hydrogen-bond donors (Lipinski definition) is 1. The van der Waals surface area contributed by atoms with Gasteiger partial charge in [-0.15, -0.1) is 0 Å². The van der Waals surface area contributed by atoms with E-state index in [9.17, 15) is 9.59 Å². The lowest BCUT2D eigenvalue weighted by Crippen LogP contribution is -2.48. The Labute approximate surface area is 125 Å². The molecule has 1 aliphatic heterocycles. The van der Waals surface area contributed by atoms with Crippen LogP contribution in [0.5, 0.6) is 0 Å². The van der Waals surface area contributed by atoms with E-state index in [2.05, 4.69) is 24.1 Å². The van der Waals surface area contributed by atoms with Gasteiger partial charge in [-0.25, -0.2) is 0 Å². The van der Waals surface area contributed by atoms with Crippen molar-refractivity contribution in [1.29, 1.82) is 0 Å². The molecule has 5 heteroatoms. The summed E-state index contributed by atoms with van der Waals surface area (Å²) in [6.45, 7) is 5.73. The number of pyridine rings is 1. The van der Waals surface area contributed by atoms with Crippen LogP contribution in [0.4, 0.5) is 0 Å². The molecule has 0 radical (unpaired) electrons. The van der Waals surface area contributed by atoms with Gasteiger partial charge in [0, 0.05) is 31.0 Å². The highest BCUT2D eigenvalue weighted by molar-refractivity contribution is 5.97. The molecule has 0 saturated carbocycles. The number of rotatable bonds is 5. The zero-order valence-corrected chi connectivity index (χ0v) is 12.7. The lowest BCUT2D eigenvalue weighted by atomic mass is 10.0. The van der Waals surface area contributed by atoms with Crippen LogP contribution >= 0.6 is 0 Å². The number of likely N-dealkylation sites (tertiary alicyclic amines) is 1. The van der Waals surface area contributed by atoms with Crippen molar-refractivity contribution in [1.82, 2.24) is 15.2 Å². The molecule has 1 atom stereocenters. The van der Waals surface area contributed by atoms with Crippen LogP contribution in [0.3, 0.4) is 0 Å². The highest BCUT2D eigenvalue weighted by atomic mass is 16.2. The maximum absolute atomic E-state index is 12.5. The maximum Gasteiger partial charge on any atom is 0.252 e. The highest BCUT2D eigenvalue weighted by Gasteiger charge is 2.28. The summed E-state index contributed by atoms with van der Waals surface area (Å²) < 4.78 is 0. The van der Waals surface area contributed by atoms with Gasteiger partial charge < -0.3 is 10.2 Å². The molecule has 1 aromatic heterocycles. The molecule has 0 aromatic carbocycles. The zero-order valence-electron chi connectivity index (χ0n) is 12.7. The van der Waals surface area contributed by atoms with Crippen molar-refractivity contribution in [2.45, 2.75) is 39.2 Å². The van der Waals surface area contributed by atoms with Crippen molar-refractivity contribution in [3.05, 3.63) is 30.1 Å². The van der Waals surface area contributed by atoms with Crippen LogP contribution in [-0.2, 0) is 4.79 Å². The van der Waals surface area contributed by atoms with Crippen molar-refractivity contribution >= 4 is 11.8 Å². The van der Waals surface area contributed by atoms with Gasteiger partial charge >= 0.3 is 0 Å². The fraction of sp³-hybridized carbons (Fsp3) is 0.562. The SMILES string of the molecule is CC(C)C[C@H](NC(=O)c1ccncc1)C(=O)N1CCCC1. The fourth-order valence-corrected chi connectivity index (χ4v) is 2.60. The van der Waals surface area contributed by atoms with Crippen LogP contribution in [-0.4, -0.2) is 40.8 Å². The lowest BCUT2D eigenvalue weighted by Gasteiger charge is -2.25. The van der Waals surface area contributed by atoms with Gasteiger partial charge in [0.2, 0.25) is 5.91 Å². The van der Waals surface area contributed by atoms with Gasteiger partial charge in [-0.3, -0.25) is 14.6 Å². The zero-order chi connectivity index (χ0) is 15.2. The molecule has 2 rings (SSSR count). The minimum absolute atomic E-state index is 0.0450. The number of hydrogen-bond acceptors (Lipinski definition) is 3. The van der Waals surface area contributed by atoms with E-state index >= 15 is 0 Å². The van der Waals surface area contributed by atoms with Gasteiger partial charge in [0.25, 0.3) is 5.91 Å². The van der Waals surface area contributed by atoms with Gasteiger partial charge in [0.15, 0.2) is 0 Å². The molecule has 1 N–H and O–H groups in total. The molecule has 0 spiro atoms. The monoisotopic (exact) mass is 289 g/mol. The quantitative estimate of drug-likeness (QED) is 0.900. The summed E-state index contributed by atoms with van der Waals surface area (Å²) in [5, 5.41) is 2.88. The molecular formula is C16H23N3O2. The predicted molar refractivity (Wildman–Crippen MR) is 80.8 cm³/mol. The Hall–Kier alpha value is -1.91. The first-order chi connectivity index (χ1) is 10.1. The largest absolute Gasteiger partial charge is 0.341 e. The first-order valence-corrected chi connectivity index (χ1v) is 7.57. The Morgan fingerprint density at radius 1 is 1.24 bits per heavy atom. The molecule has 114 valence electrons. The van der Waals surface area contributed by atoms with E-state index in [1.165, 1.54) is 0 Å². The molecule has 1 aliphatic rings. The number of nitrogens with zero attached hydrogens (tertiary/aromatic N) is 2. The molecule has 21 heavy (non-hydrogen) atoms. The Morgan fingerprint density at radius 3 is 2.43 bits per heavy atom. The molecule has 1 fully saturated rings. The van der Waals surface area contributed by atoms with Crippen molar-refractivity contribution in [2.24, 2.45) is 5.92 Å². The van der Waals surface area contributed by atoms with E-state index in [0.717, 1.165) is 25.9 Å². The summed E-state index contributed by atoms with van der Waals surface area (Å²) >= 11 is 0. The molecule has 0 aliphatic carbocycles. The van der Waals surface area contributed by atoms with Crippen LogP contribution in [0.2, 0.25) is 0 Å². The van der Waals surface area contributed by atoms with Crippen molar-refractivity contribution in [3.63, 3.8) is 0 Å². The lowest BCUT2D eigenvalue weighted by molar-refractivity contribution is -0.132. The van der Waals surface area contributed by atoms with Crippen LogP contribution in [0.1, 0.15) is 43.5 Å². The van der Waals surface area contributed by atoms with E-state index in [-0.39, 0.29) is 11.8 Å². The Bertz CT molecular complexity index is 482. The number of amides is 2. The Kier molecular flexibility index (Phi) is 5.31. The number of carbonyl (C=O) groups excluding carboxylic acids is 2. The van der Waals surface area contributed by atoms with Gasteiger partial charge in [-0.05, 0) is 37.3 Å². The molecule has 0 unspecified atom stereocenters. The smallest absolute Gasteiger partial charge is 0.252 e. The minimum Gasteiger partial charge on any atom is -0.341 e. The van der Waals surface area contributed by atoms with E-state index in [4.69, 9.17) is 0 Å². The Morgan fingerprint density at radius 2 is 1.86 bits per heavy atom. The summed E-state index contributed by atoms with van der Waals surface area (Å²) in [6.07, 6.45) is 5.92. The minimum atomic E-state index is -0.441. The summed E-state index contributed by atoms with van der Waals surface area (Å²) in [7, 11) is 0. The number of nitrogens with one attached hydrogen (secondary N) is 1. The normalized spacial score (nSPS) is 16.0. The summed E-state index contributed by atoms with van der Waals surface area (Å²) in [5.41, 5.74) is 0.535. The highest BCUT2D eigenvalue weighted by Crippen LogP contribution is 2.14. The second-order valence-corrected chi connectivity index (χ2v) is 5.92. The molecule has 5 nitrogen and oxygen atoms in total. The van der Waals surface area contributed by atoms with Gasteiger partial charge in [0.1, 0.15) is 6.04 Å². The van der Waals surface area contributed by atoms with E-state index < -0.39 is 6.04 Å². The van der Waals surface area contributed by atoms with Crippen LogP contribution < -0.4 is 5.32 Å². The standard InChI is InChI=1S/C16H23N3O2/c1-12(2)11-14(16(21)19-9-3-4-10-19)18-15(20)13-5-7-17-8-6-13/h5-8,12,14H,3-4,9-11H2,1-2H3,(H,18,20)/t14-/m0/s1. The van der Waals surface area contributed by atoms with Crippen molar-refractivity contribution < 1.29 is 9.59 Å². The maximum atomic E-state index is 12.5. The first kappa shape index (κ1) is 15.5. The molecule has 2 heterocycles. The van der Waals surface area contributed by atoms with E-state index in [0.29, 0.717) is 17.9 Å². The van der Waals surface area contributed by atoms with Crippen LogP contribution in [0.15, 0.2) is 24.5 Å². The summed E-state index contributed by atoms with van der Waals surface area (Å²) in [5.74, 6) is 0.179. The fourth-order valence-electron chi connectivity index (χ4n) is 2.60. The average molecular weight is 289 g/mol. The van der Waals surface area contributed by atoms with E-state index in [1.54, 1.807) is 24.5 Å². The van der Waals surface area contributed by atoms with Crippen LogP contribution in [0, 0.1) is 5.92 Å². The first-order valence-electron chi connectivity index (χ1n) is 7.57. The molecular weight excluding hydrogens is 266 g/mol. The third-order valence-corrected chi connectivity index (χ3v) is 3.67. The molecule has 1 aromatic rings. The molecule has 0 bridgehead atoms. The predicted octanol–water partition coefficient (Wildman–Crippen LogP) is 1.85. The molecule has 2 amide bonds. The van der Waals surface area contributed by atoms with Crippen molar-refractivity contribution in [2.75, 3.05) is 13.1 Å². The number of carbonyl (C=O) groups is 2. The van der Waals surface area contributed by atoms with Gasteiger partial charge in [0.05, 0.1) is 0 Å². The summed E-state index contributed by atoms with van der Waals surface area (Å²) in [6, 6.07) is 2.87.